The van der Waals surface area contributed by atoms with Gasteiger partial charge in [-0.15, -0.1) is 0 Å². The fourth-order valence-electron chi connectivity index (χ4n) is 0.898. The van der Waals surface area contributed by atoms with E-state index in [1.165, 1.54) is 24.3 Å². The number of halogens is 4. The first-order chi connectivity index (χ1) is 7.30. The van der Waals surface area contributed by atoms with E-state index >= 15 is 0 Å². The molecule has 0 fully saturated rings. The standard InChI is InChI=1S/C10H6ClF3O2/c11-7-3-1-6(2-4-7)8(15)5-9(16)10(12,13)14/h1-5,15H/p-1/b8-5-. The second-order valence-corrected chi connectivity index (χ2v) is 3.31. The zero-order valence-electron chi connectivity index (χ0n) is 7.72. The van der Waals surface area contributed by atoms with Gasteiger partial charge in [0.15, 0.2) is 0 Å². The Morgan fingerprint density at radius 3 is 2.19 bits per heavy atom. The predicted octanol–water partition coefficient (Wildman–Crippen LogP) is 2.17. The van der Waals surface area contributed by atoms with Crippen molar-refractivity contribution in [2.75, 3.05) is 0 Å². The molecule has 0 N–H and O–H groups in total. The van der Waals surface area contributed by atoms with Crippen molar-refractivity contribution in [3.63, 3.8) is 0 Å². The molecule has 1 aromatic carbocycles. The summed E-state index contributed by atoms with van der Waals surface area (Å²) in [4.78, 5) is 10.5. The molecule has 0 aliphatic heterocycles. The van der Waals surface area contributed by atoms with Crippen molar-refractivity contribution in [1.29, 1.82) is 0 Å². The number of hydrogen-bond acceptors (Lipinski definition) is 2. The summed E-state index contributed by atoms with van der Waals surface area (Å²) < 4.78 is 35.5. The van der Waals surface area contributed by atoms with E-state index in [1.54, 1.807) is 0 Å². The zero-order valence-corrected chi connectivity index (χ0v) is 8.47. The molecule has 0 saturated carbocycles. The molecular formula is C10H5ClF3O2-. The van der Waals surface area contributed by atoms with Gasteiger partial charge < -0.3 is 5.11 Å². The van der Waals surface area contributed by atoms with Crippen molar-refractivity contribution in [2.24, 2.45) is 0 Å². The van der Waals surface area contributed by atoms with Crippen molar-refractivity contribution >= 4 is 23.1 Å². The fourth-order valence-corrected chi connectivity index (χ4v) is 1.02. The van der Waals surface area contributed by atoms with Gasteiger partial charge >= 0.3 is 6.18 Å². The molecule has 1 aromatic rings. The molecule has 2 nitrogen and oxygen atoms in total. The molecule has 0 unspecified atom stereocenters. The van der Waals surface area contributed by atoms with E-state index in [-0.39, 0.29) is 11.6 Å². The highest BCUT2D eigenvalue weighted by Crippen LogP contribution is 2.19. The Hall–Kier alpha value is -1.49. The van der Waals surface area contributed by atoms with Gasteiger partial charge in [0.05, 0.1) is 0 Å². The summed E-state index contributed by atoms with van der Waals surface area (Å²) in [7, 11) is 0. The second-order valence-electron chi connectivity index (χ2n) is 2.88. The lowest BCUT2D eigenvalue weighted by Crippen LogP contribution is -2.21. The Balaban J connectivity index is 2.94. The highest BCUT2D eigenvalue weighted by Gasteiger charge is 2.36. The van der Waals surface area contributed by atoms with Crippen LogP contribution in [0.15, 0.2) is 30.3 Å². The molecule has 0 amide bonds. The second kappa shape index (κ2) is 4.57. The Morgan fingerprint density at radius 2 is 1.75 bits per heavy atom. The van der Waals surface area contributed by atoms with Gasteiger partial charge in [0, 0.05) is 5.02 Å². The monoisotopic (exact) mass is 249 g/mol. The molecule has 16 heavy (non-hydrogen) atoms. The summed E-state index contributed by atoms with van der Waals surface area (Å²) in [6.07, 6.45) is -5.01. The third-order valence-corrected chi connectivity index (χ3v) is 1.92. The maximum atomic E-state index is 11.8. The van der Waals surface area contributed by atoms with Crippen molar-refractivity contribution in [2.45, 2.75) is 6.18 Å². The molecule has 1 rings (SSSR count). The minimum Gasteiger partial charge on any atom is -0.872 e. The molecular weight excluding hydrogens is 245 g/mol. The van der Waals surface area contributed by atoms with Gasteiger partial charge in [-0.25, -0.2) is 0 Å². The summed E-state index contributed by atoms with van der Waals surface area (Å²) in [5.74, 6) is -3.17. The van der Waals surface area contributed by atoms with Crippen LogP contribution in [0.3, 0.4) is 0 Å². The minimum absolute atomic E-state index is 0.0171. The van der Waals surface area contributed by atoms with Crippen molar-refractivity contribution < 1.29 is 23.1 Å². The average Bonchev–Trinajstić information content (AvgIpc) is 2.17. The van der Waals surface area contributed by atoms with Crippen LogP contribution < -0.4 is 5.11 Å². The molecule has 0 aromatic heterocycles. The quantitative estimate of drug-likeness (QED) is 0.595. The number of allylic oxidation sites excluding steroid dienone is 1. The molecule has 0 atom stereocenters. The van der Waals surface area contributed by atoms with Crippen LogP contribution in [0.1, 0.15) is 5.56 Å². The molecule has 6 heteroatoms. The van der Waals surface area contributed by atoms with E-state index in [4.69, 9.17) is 11.6 Å². The van der Waals surface area contributed by atoms with Gasteiger partial charge in [-0.1, -0.05) is 29.5 Å². The van der Waals surface area contributed by atoms with Crippen molar-refractivity contribution in [3.05, 3.63) is 40.9 Å². The Kier molecular flexibility index (Phi) is 3.59. The molecule has 0 spiro atoms. The third-order valence-electron chi connectivity index (χ3n) is 1.67. The van der Waals surface area contributed by atoms with Crippen LogP contribution in [0.25, 0.3) is 5.76 Å². The maximum Gasteiger partial charge on any atom is 0.454 e. The lowest BCUT2D eigenvalue weighted by Gasteiger charge is -2.12. The number of benzene rings is 1. The first kappa shape index (κ1) is 12.6. The Labute approximate surface area is 94.0 Å². The van der Waals surface area contributed by atoms with Gasteiger partial charge in [-0.2, -0.15) is 13.2 Å². The fraction of sp³-hybridized carbons (Fsp3) is 0.100. The molecule has 0 bridgehead atoms. The molecule has 0 aliphatic carbocycles. The minimum atomic E-state index is -5.03. The highest BCUT2D eigenvalue weighted by atomic mass is 35.5. The highest BCUT2D eigenvalue weighted by molar-refractivity contribution is 6.30. The first-order valence-electron chi connectivity index (χ1n) is 4.06. The van der Waals surface area contributed by atoms with Gasteiger partial charge in [0.2, 0.25) is 0 Å². The van der Waals surface area contributed by atoms with Gasteiger partial charge in [-0.05, 0) is 23.8 Å². The number of hydrogen-bond donors (Lipinski definition) is 0. The van der Waals surface area contributed by atoms with Gasteiger partial charge in [0.1, 0.15) is 0 Å². The maximum absolute atomic E-state index is 11.8. The summed E-state index contributed by atoms with van der Waals surface area (Å²) >= 11 is 5.53. The average molecular weight is 250 g/mol. The number of ketones is 1. The molecule has 86 valence electrons. The van der Waals surface area contributed by atoms with Crippen LogP contribution in [0, 0.1) is 0 Å². The van der Waals surface area contributed by atoms with Crippen LogP contribution in [-0.4, -0.2) is 12.0 Å². The van der Waals surface area contributed by atoms with Crippen LogP contribution in [0.5, 0.6) is 0 Å². The van der Waals surface area contributed by atoms with Crippen molar-refractivity contribution in [1.82, 2.24) is 0 Å². The smallest absolute Gasteiger partial charge is 0.454 e. The van der Waals surface area contributed by atoms with Gasteiger partial charge in [0.25, 0.3) is 5.78 Å². The van der Waals surface area contributed by atoms with Crippen LogP contribution >= 0.6 is 11.6 Å². The summed E-state index contributed by atoms with van der Waals surface area (Å²) in [6.45, 7) is 0. The molecule has 0 heterocycles. The van der Waals surface area contributed by atoms with Crippen LogP contribution in [0.2, 0.25) is 5.02 Å². The SMILES string of the molecule is O=C(/C=C(\[O-])c1ccc(Cl)cc1)C(F)(F)F. The Morgan fingerprint density at radius 1 is 1.25 bits per heavy atom. The third kappa shape index (κ3) is 3.27. The summed E-state index contributed by atoms with van der Waals surface area (Å²) in [5, 5.41) is 11.5. The van der Waals surface area contributed by atoms with E-state index in [2.05, 4.69) is 0 Å². The number of carbonyl (C=O) groups is 1. The normalized spacial score (nSPS) is 12.6. The van der Waals surface area contributed by atoms with Gasteiger partial charge in [-0.3, -0.25) is 4.79 Å². The largest absolute Gasteiger partial charge is 0.872 e. The van der Waals surface area contributed by atoms with Crippen molar-refractivity contribution in [3.8, 4) is 0 Å². The lowest BCUT2D eigenvalue weighted by atomic mass is 10.1. The molecule has 0 radical (unpaired) electrons. The van der Waals surface area contributed by atoms with Crippen LogP contribution in [0.4, 0.5) is 13.2 Å². The molecule has 0 saturated heterocycles. The molecule has 0 aliphatic rings. The predicted molar refractivity (Wildman–Crippen MR) is 50.5 cm³/mol. The van der Waals surface area contributed by atoms with E-state index in [1.807, 2.05) is 0 Å². The lowest BCUT2D eigenvalue weighted by molar-refractivity contribution is -0.244. The van der Waals surface area contributed by atoms with E-state index in [9.17, 15) is 23.1 Å². The number of alkyl halides is 3. The number of rotatable bonds is 2. The zero-order chi connectivity index (χ0) is 12.3. The summed E-state index contributed by atoms with van der Waals surface area (Å²) in [5.41, 5.74) is -0.0259. The van der Waals surface area contributed by atoms with E-state index in [0.717, 1.165) is 0 Å². The number of carbonyl (C=O) groups excluding carboxylic acids is 1. The van der Waals surface area contributed by atoms with E-state index in [0.29, 0.717) is 5.02 Å². The Bertz CT molecular complexity index is 421. The topological polar surface area (TPSA) is 40.1 Å². The van der Waals surface area contributed by atoms with E-state index < -0.39 is 17.7 Å². The van der Waals surface area contributed by atoms with Crippen LogP contribution in [-0.2, 0) is 4.79 Å². The first-order valence-corrected chi connectivity index (χ1v) is 4.44. The summed E-state index contributed by atoms with van der Waals surface area (Å²) in [6, 6.07) is 5.18.